The van der Waals surface area contributed by atoms with Gasteiger partial charge in [0.05, 0.1) is 10.8 Å². The zero-order chi connectivity index (χ0) is 18.3. The third-order valence-electron chi connectivity index (χ3n) is 4.72. The number of carbonyl (C=O) groups is 1. The van der Waals surface area contributed by atoms with Gasteiger partial charge in [-0.25, -0.2) is 13.1 Å². The molecule has 1 aromatic carbocycles. The molecule has 2 N–H and O–H groups in total. The summed E-state index contributed by atoms with van der Waals surface area (Å²) >= 11 is 0. The van der Waals surface area contributed by atoms with Gasteiger partial charge in [0.25, 0.3) is 0 Å². The second kappa shape index (κ2) is 6.33. The van der Waals surface area contributed by atoms with Gasteiger partial charge in [0.15, 0.2) is 0 Å². The Bertz CT molecular complexity index is 790. The van der Waals surface area contributed by atoms with Crippen LogP contribution in [0.5, 0.6) is 0 Å². The SMILES string of the molecule is CNS(=O)(=O)c1cc(NC(=O)[C@@H]2[C@@H](C=C(C)C)C2(C)C)ccc1C. The Labute approximate surface area is 144 Å². The van der Waals surface area contributed by atoms with Crippen LogP contribution < -0.4 is 10.0 Å². The largest absolute Gasteiger partial charge is 0.326 e. The lowest BCUT2D eigenvalue weighted by atomic mass is 10.1. The van der Waals surface area contributed by atoms with Gasteiger partial charge in [-0.15, -0.1) is 0 Å². The summed E-state index contributed by atoms with van der Waals surface area (Å²) in [6.45, 7) is 9.93. The maximum atomic E-state index is 12.6. The normalized spacial score (nSPS) is 21.9. The molecule has 24 heavy (non-hydrogen) atoms. The van der Waals surface area contributed by atoms with E-state index in [-0.39, 0.29) is 28.1 Å². The number of aryl methyl sites for hydroxylation is 1. The van der Waals surface area contributed by atoms with Crippen LogP contribution in [-0.4, -0.2) is 21.4 Å². The van der Waals surface area contributed by atoms with Crippen LogP contribution in [-0.2, 0) is 14.8 Å². The minimum absolute atomic E-state index is 0.0702. The highest BCUT2D eigenvalue weighted by Gasteiger charge is 2.60. The van der Waals surface area contributed by atoms with Gasteiger partial charge in [-0.1, -0.05) is 31.6 Å². The van der Waals surface area contributed by atoms with Crippen molar-refractivity contribution < 1.29 is 13.2 Å². The predicted octanol–water partition coefficient (Wildman–Crippen LogP) is 3.08. The van der Waals surface area contributed by atoms with E-state index in [1.165, 1.54) is 18.7 Å². The first-order valence-corrected chi connectivity index (χ1v) is 9.49. The molecule has 1 aliphatic carbocycles. The van der Waals surface area contributed by atoms with E-state index in [2.05, 4.69) is 30.0 Å². The molecule has 132 valence electrons. The van der Waals surface area contributed by atoms with E-state index in [1.807, 2.05) is 13.8 Å². The number of rotatable bonds is 5. The third-order valence-corrected chi connectivity index (χ3v) is 6.28. The lowest BCUT2D eigenvalue weighted by molar-refractivity contribution is -0.118. The van der Waals surface area contributed by atoms with Crippen LogP contribution in [0.3, 0.4) is 0 Å². The number of sulfonamides is 1. The zero-order valence-electron chi connectivity index (χ0n) is 15.1. The van der Waals surface area contributed by atoms with Crippen molar-refractivity contribution in [3.8, 4) is 0 Å². The fourth-order valence-electron chi connectivity index (χ4n) is 3.15. The maximum absolute atomic E-state index is 12.6. The zero-order valence-corrected chi connectivity index (χ0v) is 15.9. The highest BCUT2D eigenvalue weighted by atomic mass is 32.2. The van der Waals surface area contributed by atoms with Gasteiger partial charge in [-0.05, 0) is 56.8 Å². The van der Waals surface area contributed by atoms with E-state index in [4.69, 9.17) is 0 Å². The summed E-state index contributed by atoms with van der Waals surface area (Å²) in [6, 6.07) is 4.93. The third kappa shape index (κ3) is 3.54. The lowest BCUT2D eigenvalue weighted by Crippen LogP contribution is -2.21. The number of amides is 1. The topological polar surface area (TPSA) is 75.3 Å². The molecule has 1 amide bonds. The average molecular weight is 350 g/mol. The second-order valence-corrected chi connectivity index (χ2v) is 9.10. The highest BCUT2D eigenvalue weighted by molar-refractivity contribution is 7.89. The number of hydrogen-bond donors (Lipinski definition) is 2. The minimum Gasteiger partial charge on any atom is -0.326 e. The van der Waals surface area contributed by atoms with Crippen molar-refractivity contribution in [2.75, 3.05) is 12.4 Å². The molecule has 1 saturated carbocycles. The molecule has 2 atom stereocenters. The van der Waals surface area contributed by atoms with Crippen LogP contribution >= 0.6 is 0 Å². The Morgan fingerprint density at radius 3 is 2.42 bits per heavy atom. The van der Waals surface area contributed by atoms with Crippen LogP contribution in [0.1, 0.15) is 33.3 Å². The molecule has 0 unspecified atom stereocenters. The Balaban J connectivity index is 2.22. The number of benzene rings is 1. The summed E-state index contributed by atoms with van der Waals surface area (Å²) in [5, 5.41) is 2.87. The molecule has 0 saturated heterocycles. The van der Waals surface area contributed by atoms with E-state index >= 15 is 0 Å². The smallest absolute Gasteiger partial charge is 0.240 e. The molecule has 6 heteroatoms. The summed E-state index contributed by atoms with van der Waals surface area (Å²) < 4.78 is 26.4. The van der Waals surface area contributed by atoms with Crippen LogP contribution in [0.2, 0.25) is 0 Å². The summed E-state index contributed by atoms with van der Waals surface area (Å²) in [5.41, 5.74) is 2.25. The van der Waals surface area contributed by atoms with Crippen molar-refractivity contribution in [1.82, 2.24) is 4.72 Å². The standard InChI is InChI=1S/C18H26N2O3S/c1-11(2)9-14-16(18(14,4)5)17(21)20-13-8-7-12(3)15(10-13)24(22,23)19-6/h7-10,14,16,19H,1-6H3,(H,20,21)/t14-,16+/m1/s1. The first kappa shape index (κ1) is 18.7. The highest BCUT2D eigenvalue weighted by Crippen LogP contribution is 2.59. The van der Waals surface area contributed by atoms with Crippen LogP contribution in [0.25, 0.3) is 0 Å². The molecule has 2 rings (SSSR count). The number of hydrogen-bond acceptors (Lipinski definition) is 3. The molecule has 0 radical (unpaired) electrons. The molecule has 0 bridgehead atoms. The summed E-state index contributed by atoms with van der Waals surface area (Å²) in [6.07, 6.45) is 2.14. The van der Waals surface area contributed by atoms with Gasteiger partial charge in [-0.2, -0.15) is 0 Å². The molecule has 5 nitrogen and oxygen atoms in total. The van der Waals surface area contributed by atoms with Crippen molar-refractivity contribution in [1.29, 1.82) is 0 Å². The van der Waals surface area contributed by atoms with Crippen LogP contribution in [0.4, 0.5) is 5.69 Å². The van der Waals surface area contributed by atoms with Crippen molar-refractivity contribution >= 4 is 21.6 Å². The van der Waals surface area contributed by atoms with Gasteiger partial charge >= 0.3 is 0 Å². The first-order chi connectivity index (χ1) is 11.0. The summed E-state index contributed by atoms with van der Waals surface area (Å²) in [5.74, 6) is 0.0469. The van der Waals surface area contributed by atoms with E-state index in [9.17, 15) is 13.2 Å². The summed E-state index contributed by atoms with van der Waals surface area (Å²) in [7, 11) is -2.18. The van der Waals surface area contributed by atoms with Gasteiger partial charge in [0, 0.05) is 5.69 Å². The Kier molecular flexibility index (Phi) is 4.93. The quantitative estimate of drug-likeness (QED) is 0.801. The molecule has 1 aliphatic rings. The van der Waals surface area contributed by atoms with E-state index < -0.39 is 10.0 Å². The Morgan fingerprint density at radius 1 is 1.25 bits per heavy atom. The molecule has 0 spiro atoms. The molecular weight excluding hydrogens is 324 g/mol. The van der Waals surface area contributed by atoms with Crippen molar-refractivity contribution in [2.24, 2.45) is 17.3 Å². The molecular formula is C18H26N2O3S. The molecule has 0 aliphatic heterocycles. The number of carbonyl (C=O) groups excluding carboxylic acids is 1. The van der Waals surface area contributed by atoms with E-state index in [0.29, 0.717) is 11.3 Å². The van der Waals surface area contributed by atoms with Gasteiger partial charge in [0.1, 0.15) is 0 Å². The fraction of sp³-hybridized carbons (Fsp3) is 0.500. The monoisotopic (exact) mass is 350 g/mol. The summed E-state index contributed by atoms with van der Waals surface area (Å²) in [4.78, 5) is 12.8. The van der Waals surface area contributed by atoms with E-state index in [1.54, 1.807) is 19.1 Å². The molecule has 0 heterocycles. The van der Waals surface area contributed by atoms with Crippen molar-refractivity contribution in [2.45, 2.75) is 39.5 Å². The number of allylic oxidation sites excluding steroid dienone is 2. The number of nitrogens with one attached hydrogen (secondary N) is 2. The molecule has 0 aromatic heterocycles. The van der Waals surface area contributed by atoms with Gasteiger partial charge in [0.2, 0.25) is 15.9 Å². The minimum atomic E-state index is -3.55. The molecule has 1 aromatic rings. The first-order valence-electron chi connectivity index (χ1n) is 8.01. The van der Waals surface area contributed by atoms with Crippen LogP contribution in [0.15, 0.2) is 34.7 Å². The lowest BCUT2D eigenvalue weighted by Gasteiger charge is -2.11. The van der Waals surface area contributed by atoms with E-state index in [0.717, 1.165) is 0 Å². The maximum Gasteiger partial charge on any atom is 0.240 e. The van der Waals surface area contributed by atoms with Crippen molar-refractivity contribution in [3.05, 3.63) is 35.4 Å². The van der Waals surface area contributed by atoms with Crippen LogP contribution in [0, 0.1) is 24.2 Å². The van der Waals surface area contributed by atoms with Gasteiger partial charge in [-0.3, -0.25) is 4.79 Å². The Morgan fingerprint density at radius 2 is 1.88 bits per heavy atom. The van der Waals surface area contributed by atoms with Crippen molar-refractivity contribution in [3.63, 3.8) is 0 Å². The van der Waals surface area contributed by atoms with Gasteiger partial charge < -0.3 is 5.32 Å². The predicted molar refractivity (Wildman–Crippen MR) is 96.2 cm³/mol. The number of anilines is 1. The fourth-order valence-corrected chi connectivity index (χ4v) is 4.14. The molecule has 1 fully saturated rings. The second-order valence-electron chi connectivity index (χ2n) is 7.25. The average Bonchev–Trinajstić information content (AvgIpc) is 3.00. The Hall–Kier alpha value is -1.66.